The molecule has 7 heteroatoms. The molecule has 0 saturated carbocycles. The Morgan fingerprint density at radius 1 is 1.09 bits per heavy atom. The van der Waals surface area contributed by atoms with Crippen molar-refractivity contribution in [2.24, 2.45) is 0 Å². The van der Waals surface area contributed by atoms with Gasteiger partial charge in [0, 0.05) is 37.5 Å². The average Bonchev–Trinajstić information content (AvgIpc) is 2.80. The van der Waals surface area contributed by atoms with E-state index in [1.54, 1.807) is 6.07 Å². The largest absolute Gasteiger partial charge is 0.478 e. The Kier molecular flexibility index (Phi) is 6.87. The van der Waals surface area contributed by atoms with Crippen LogP contribution in [0, 0.1) is 11.6 Å². The lowest BCUT2D eigenvalue weighted by atomic mass is 9.99. The number of benzene rings is 2. The van der Waals surface area contributed by atoms with Crippen LogP contribution in [0.5, 0.6) is 0 Å². The van der Waals surface area contributed by atoms with Crippen molar-refractivity contribution in [3.05, 3.63) is 101 Å². The minimum atomic E-state index is -0.972. The van der Waals surface area contributed by atoms with Crippen molar-refractivity contribution in [2.75, 3.05) is 13.1 Å². The summed E-state index contributed by atoms with van der Waals surface area (Å²) in [5.41, 5.74) is 2.06. The van der Waals surface area contributed by atoms with Gasteiger partial charge in [0.1, 0.15) is 17.7 Å². The summed E-state index contributed by atoms with van der Waals surface area (Å²) in [7, 11) is 0. The van der Waals surface area contributed by atoms with Gasteiger partial charge in [-0.1, -0.05) is 36.4 Å². The predicted octanol–water partition coefficient (Wildman–Crippen LogP) is 4.83. The minimum absolute atomic E-state index is 0.0841. The van der Waals surface area contributed by atoms with Crippen LogP contribution in [0.4, 0.5) is 8.78 Å². The normalized spacial score (nSPS) is 16.1. The van der Waals surface area contributed by atoms with Crippen LogP contribution in [-0.4, -0.2) is 40.2 Å². The van der Waals surface area contributed by atoms with Crippen molar-refractivity contribution in [1.82, 2.24) is 9.88 Å². The molecule has 1 atom stereocenters. The molecule has 0 bridgehead atoms. The number of likely N-dealkylation sites (tertiary alicyclic amines) is 1. The summed E-state index contributed by atoms with van der Waals surface area (Å²) in [5.74, 6) is -2.21. The van der Waals surface area contributed by atoms with Gasteiger partial charge in [0.05, 0.1) is 17.4 Å². The molecule has 1 unspecified atom stereocenters. The molecule has 0 amide bonds. The van der Waals surface area contributed by atoms with Crippen LogP contribution in [0.1, 0.15) is 46.1 Å². The van der Waals surface area contributed by atoms with Gasteiger partial charge in [-0.3, -0.25) is 9.88 Å². The third-order valence-corrected chi connectivity index (χ3v) is 5.66. The number of nitrogens with zero attached hydrogens (tertiary/aromatic N) is 2. The lowest BCUT2D eigenvalue weighted by molar-refractivity contribution is -0.0294. The highest BCUT2D eigenvalue weighted by Crippen LogP contribution is 2.32. The number of ether oxygens (including phenoxy) is 1. The van der Waals surface area contributed by atoms with E-state index in [2.05, 4.69) is 9.88 Å². The van der Waals surface area contributed by atoms with Gasteiger partial charge in [-0.15, -0.1) is 0 Å². The maximum Gasteiger partial charge on any atom is 0.335 e. The molecule has 1 aromatic heterocycles. The summed E-state index contributed by atoms with van der Waals surface area (Å²) in [6.45, 7) is 2.05. The smallest absolute Gasteiger partial charge is 0.335 e. The maximum absolute atomic E-state index is 14.6. The number of halogens is 2. The molecule has 166 valence electrons. The first-order valence-electron chi connectivity index (χ1n) is 10.6. The SMILES string of the molecule is O=C(O)c1ccnc(CN2CCC(OC(c3ccccc3)c3ccc(F)cc3F)CC2)c1. The third-order valence-electron chi connectivity index (χ3n) is 5.66. The molecule has 0 spiro atoms. The molecule has 1 aliphatic rings. The first-order chi connectivity index (χ1) is 15.5. The number of aromatic carboxylic acids is 1. The molecule has 0 aliphatic carbocycles. The van der Waals surface area contributed by atoms with Crippen LogP contribution in [-0.2, 0) is 11.3 Å². The zero-order valence-corrected chi connectivity index (χ0v) is 17.5. The third kappa shape index (κ3) is 5.36. The van der Waals surface area contributed by atoms with Crippen molar-refractivity contribution < 1.29 is 23.4 Å². The van der Waals surface area contributed by atoms with Crippen LogP contribution in [0.3, 0.4) is 0 Å². The Bertz CT molecular complexity index is 1070. The summed E-state index contributed by atoms with van der Waals surface area (Å²) in [5, 5.41) is 9.15. The molecule has 2 heterocycles. The fraction of sp³-hybridized carbons (Fsp3) is 0.280. The Morgan fingerprint density at radius 3 is 2.53 bits per heavy atom. The topological polar surface area (TPSA) is 62.7 Å². The maximum atomic E-state index is 14.6. The Balaban J connectivity index is 1.42. The number of carboxylic acids is 1. The van der Waals surface area contributed by atoms with Crippen molar-refractivity contribution in [2.45, 2.75) is 31.6 Å². The quantitative estimate of drug-likeness (QED) is 0.573. The van der Waals surface area contributed by atoms with E-state index in [9.17, 15) is 13.6 Å². The zero-order valence-electron chi connectivity index (χ0n) is 17.5. The molecule has 1 saturated heterocycles. The van der Waals surface area contributed by atoms with Gasteiger partial charge in [0.15, 0.2) is 0 Å². The number of carbonyl (C=O) groups is 1. The lowest BCUT2D eigenvalue weighted by Crippen LogP contribution is -2.37. The van der Waals surface area contributed by atoms with Gasteiger partial charge in [-0.05, 0) is 36.6 Å². The molecule has 4 rings (SSSR count). The van der Waals surface area contributed by atoms with Crippen LogP contribution in [0.15, 0.2) is 66.9 Å². The fourth-order valence-electron chi connectivity index (χ4n) is 4.00. The van der Waals surface area contributed by atoms with Gasteiger partial charge in [0.25, 0.3) is 0 Å². The van der Waals surface area contributed by atoms with Gasteiger partial charge < -0.3 is 9.84 Å². The molecular weight excluding hydrogens is 414 g/mol. The van der Waals surface area contributed by atoms with E-state index < -0.39 is 23.7 Å². The molecule has 2 aromatic carbocycles. The molecular formula is C25H24F2N2O3. The highest BCUT2D eigenvalue weighted by molar-refractivity contribution is 5.87. The Morgan fingerprint density at radius 2 is 1.84 bits per heavy atom. The summed E-state index contributed by atoms with van der Waals surface area (Å²) < 4.78 is 34.3. The Labute approximate surface area is 185 Å². The summed E-state index contributed by atoms with van der Waals surface area (Å²) in [4.78, 5) is 17.6. The van der Waals surface area contributed by atoms with E-state index in [0.717, 1.165) is 37.6 Å². The molecule has 32 heavy (non-hydrogen) atoms. The van der Waals surface area contributed by atoms with Gasteiger partial charge in [-0.25, -0.2) is 13.6 Å². The summed E-state index contributed by atoms with van der Waals surface area (Å²) in [6, 6.07) is 16.0. The number of hydrogen-bond donors (Lipinski definition) is 1. The van der Waals surface area contributed by atoms with E-state index in [1.165, 1.54) is 24.4 Å². The highest BCUT2D eigenvalue weighted by atomic mass is 19.1. The monoisotopic (exact) mass is 438 g/mol. The van der Waals surface area contributed by atoms with Gasteiger partial charge in [-0.2, -0.15) is 0 Å². The van der Waals surface area contributed by atoms with Crippen molar-refractivity contribution in [1.29, 1.82) is 0 Å². The summed E-state index contributed by atoms with van der Waals surface area (Å²) in [6.07, 6.45) is 2.28. The van der Waals surface area contributed by atoms with Crippen LogP contribution in [0.2, 0.25) is 0 Å². The van der Waals surface area contributed by atoms with E-state index in [4.69, 9.17) is 9.84 Å². The highest BCUT2D eigenvalue weighted by Gasteiger charge is 2.26. The average molecular weight is 438 g/mol. The molecule has 1 aliphatic heterocycles. The zero-order chi connectivity index (χ0) is 22.5. The fourth-order valence-corrected chi connectivity index (χ4v) is 4.00. The van der Waals surface area contributed by atoms with E-state index in [1.807, 2.05) is 30.3 Å². The second-order valence-corrected chi connectivity index (χ2v) is 7.91. The van der Waals surface area contributed by atoms with Crippen molar-refractivity contribution >= 4 is 5.97 Å². The van der Waals surface area contributed by atoms with Crippen LogP contribution < -0.4 is 0 Å². The molecule has 1 N–H and O–H groups in total. The summed E-state index contributed by atoms with van der Waals surface area (Å²) >= 11 is 0. The predicted molar refractivity (Wildman–Crippen MR) is 115 cm³/mol. The molecule has 1 fully saturated rings. The van der Waals surface area contributed by atoms with E-state index in [0.29, 0.717) is 17.8 Å². The van der Waals surface area contributed by atoms with Gasteiger partial charge >= 0.3 is 5.97 Å². The number of pyridine rings is 1. The second kappa shape index (κ2) is 9.97. The number of hydrogen-bond acceptors (Lipinski definition) is 4. The standard InChI is InChI=1S/C25H24F2N2O3/c26-19-6-7-22(23(27)15-19)24(17-4-2-1-3-5-17)32-21-9-12-29(13-10-21)16-20-14-18(25(30)31)8-11-28-20/h1-8,11,14-15,21,24H,9-10,12-13,16H2,(H,30,31). The Hall–Kier alpha value is -3.16. The number of piperidine rings is 1. The first kappa shape index (κ1) is 22.0. The first-order valence-corrected chi connectivity index (χ1v) is 10.6. The number of rotatable bonds is 7. The van der Waals surface area contributed by atoms with Gasteiger partial charge in [0.2, 0.25) is 0 Å². The molecule has 0 radical (unpaired) electrons. The van der Waals surface area contributed by atoms with Crippen LogP contribution in [0.25, 0.3) is 0 Å². The van der Waals surface area contributed by atoms with Crippen LogP contribution >= 0.6 is 0 Å². The lowest BCUT2D eigenvalue weighted by Gasteiger charge is -2.34. The van der Waals surface area contributed by atoms with Crippen molar-refractivity contribution in [3.63, 3.8) is 0 Å². The second-order valence-electron chi connectivity index (χ2n) is 7.91. The number of aromatic nitrogens is 1. The molecule has 5 nitrogen and oxygen atoms in total. The molecule has 3 aromatic rings. The number of carboxylic acid groups (broad SMARTS) is 1. The van der Waals surface area contributed by atoms with E-state index >= 15 is 0 Å². The minimum Gasteiger partial charge on any atom is -0.478 e. The van der Waals surface area contributed by atoms with E-state index in [-0.39, 0.29) is 11.7 Å². The van der Waals surface area contributed by atoms with Crippen molar-refractivity contribution in [3.8, 4) is 0 Å².